The number of hydrogen-bond acceptors (Lipinski definition) is 5. The van der Waals surface area contributed by atoms with Crippen molar-refractivity contribution in [3.63, 3.8) is 0 Å². The lowest BCUT2D eigenvalue weighted by Gasteiger charge is -2.28. The van der Waals surface area contributed by atoms with Gasteiger partial charge < -0.3 is 29.7 Å². The number of amides is 1. The fraction of sp³-hybridized carbons (Fsp3) is 0.619. The second kappa shape index (κ2) is 11.0. The number of carbonyl (C=O) groups is 1. The summed E-state index contributed by atoms with van der Waals surface area (Å²) in [7, 11) is 3.47. The maximum atomic E-state index is 12.0. The van der Waals surface area contributed by atoms with Crippen LogP contribution in [0, 0.1) is 0 Å². The van der Waals surface area contributed by atoms with Gasteiger partial charge in [0.2, 0.25) is 5.91 Å². The molecule has 0 bridgehead atoms. The summed E-state index contributed by atoms with van der Waals surface area (Å²) in [5.74, 6) is 1.49. The van der Waals surface area contributed by atoms with Crippen molar-refractivity contribution in [3.8, 4) is 5.75 Å². The van der Waals surface area contributed by atoms with Crippen LogP contribution in [0.1, 0.15) is 30.9 Å². The van der Waals surface area contributed by atoms with E-state index in [2.05, 4.69) is 21.7 Å². The van der Waals surface area contributed by atoms with Crippen molar-refractivity contribution in [2.24, 2.45) is 4.99 Å². The molecule has 1 amide bonds. The van der Waals surface area contributed by atoms with Crippen LogP contribution in [0.15, 0.2) is 29.3 Å². The Labute approximate surface area is 172 Å². The lowest BCUT2D eigenvalue weighted by atomic mass is 10.0. The molecule has 1 aromatic carbocycles. The normalized spacial score (nSPS) is 21.2. The lowest BCUT2D eigenvalue weighted by Crippen LogP contribution is -2.42. The van der Waals surface area contributed by atoms with Gasteiger partial charge in [0.15, 0.2) is 5.96 Å². The molecule has 2 N–H and O–H groups in total. The number of benzene rings is 1. The van der Waals surface area contributed by atoms with Crippen LogP contribution < -0.4 is 15.4 Å². The van der Waals surface area contributed by atoms with E-state index < -0.39 is 0 Å². The molecule has 29 heavy (non-hydrogen) atoms. The highest BCUT2D eigenvalue weighted by molar-refractivity contribution is 5.85. The average Bonchev–Trinajstić information content (AvgIpc) is 3.25. The van der Waals surface area contributed by atoms with Gasteiger partial charge in [0.05, 0.1) is 25.4 Å². The Morgan fingerprint density at radius 2 is 2.14 bits per heavy atom. The quantitative estimate of drug-likeness (QED) is 0.386. The van der Waals surface area contributed by atoms with E-state index in [0.29, 0.717) is 32.3 Å². The molecule has 0 aliphatic carbocycles. The number of hydrogen-bond donors (Lipinski definition) is 2. The number of guanidine groups is 1. The first-order valence-corrected chi connectivity index (χ1v) is 10.3. The number of fused-ring (bicyclic) bond motifs is 1. The minimum absolute atomic E-state index is 0.0388. The van der Waals surface area contributed by atoms with Gasteiger partial charge in [0, 0.05) is 45.8 Å². The summed E-state index contributed by atoms with van der Waals surface area (Å²) in [6.07, 6.45) is 2.88. The summed E-state index contributed by atoms with van der Waals surface area (Å²) >= 11 is 0. The van der Waals surface area contributed by atoms with Gasteiger partial charge in [0.25, 0.3) is 0 Å². The minimum Gasteiger partial charge on any atom is -0.493 e. The van der Waals surface area contributed by atoms with Crippen LogP contribution >= 0.6 is 0 Å². The fourth-order valence-corrected chi connectivity index (χ4v) is 3.27. The Kier molecular flexibility index (Phi) is 8.13. The summed E-state index contributed by atoms with van der Waals surface area (Å²) in [5, 5.41) is 6.80. The SMILES string of the molecule is CN(C)C(=O)CN=C(NCCCOC1CCOC1)NC1CCOc2ccccc21. The molecule has 2 heterocycles. The average molecular weight is 405 g/mol. The number of nitrogens with zero attached hydrogens (tertiary/aromatic N) is 2. The highest BCUT2D eigenvalue weighted by Crippen LogP contribution is 2.31. The van der Waals surface area contributed by atoms with Crippen LogP contribution in [0.2, 0.25) is 0 Å². The zero-order valence-corrected chi connectivity index (χ0v) is 17.4. The van der Waals surface area contributed by atoms with Crippen LogP contribution in [0.4, 0.5) is 0 Å². The summed E-state index contributed by atoms with van der Waals surface area (Å²) in [6, 6.07) is 8.11. The van der Waals surface area contributed by atoms with Gasteiger partial charge in [-0.3, -0.25) is 4.79 Å². The highest BCUT2D eigenvalue weighted by atomic mass is 16.5. The molecule has 160 valence electrons. The van der Waals surface area contributed by atoms with E-state index in [1.807, 2.05) is 18.2 Å². The molecule has 2 aliphatic heterocycles. The first kappa shape index (κ1) is 21.4. The van der Waals surface area contributed by atoms with E-state index in [0.717, 1.165) is 37.2 Å². The van der Waals surface area contributed by atoms with Crippen LogP contribution in [0.25, 0.3) is 0 Å². The summed E-state index contributed by atoms with van der Waals surface area (Å²) < 4.78 is 16.9. The fourth-order valence-electron chi connectivity index (χ4n) is 3.27. The van der Waals surface area contributed by atoms with Gasteiger partial charge in [-0.25, -0.2) is 4.99 Å². The maximum absolute atomic E-state index is 12.0. The number of aliphatic imine (C=N–C) groups is 1. The zero-order valence-electron chi connectivity index (χ0n) is 17.4. The van der Waals surface area contributed by atoms with Crippen LogP contribution in [0.3, 0.4) is 0 Å². The second-order valence-electron chi connectivity index (χ2n) is 7.46. The molecule has 8 nitrogen and oxygen atoms in total. The molecule has 2 unspecified atom stereocenters. The van der Waals surface area contributed by atoms with Gasteiger partial charge in [-0.1, -0.05) is 18.2 Å². The Balaban J connectivity index is 1.54. The number of carbonyl (C=O) groups excluding carboxylic acids is 1. The number of ether oxygens (including phenoxy) is 3. The maximum Gasteiger partial charge on any atom is 0.243 e. The van der Waals surface area contributed by atoms with Gasteiger partial charge in [-0.2, -0.15) is 0 Å². The standard InChI is InChI=1S/C21H32N4O4/c1-25(2)20(26)14-23-21(22-10-5-11-28-16-8-12-27-15-16)24-18-9-13-29-19-7-4-3-6-17(18)19/h3-4,6-7,16,18H,5,8-15H2,1-2H3,(H2,22,23,24). The van der Waals surface area contributed by atoms with E-state index >= 15 is 0 Å². The van der Waals surface area contributed by atoms with Crippen LogP contribution in [-0.4, -0.2) is 76.5 Å². The molecule has 0 spiro atoms. The van der Waals surface area contributed by atoms with E-state index in [1.165, 1.54) is 0 Å². The third-order valence-corrected chi connectivity index (χ3v) is 5.00. The van der Waals surface area contributed by atoms with Crippen molar-refractivity contribution in [3.05, 3.63) is 29.8 Å². The molecule has 1 aromatic rings. The van der Waals surface area contributed by atoms with Gasteiger partial charge >= 0.3 is 0 Å². The Morgan fingerprint density at radius 1 is 1.28 bits per heavy atom. The van der Waals surface area contributed by atoms with Crippen molar-refractivity contribution >= 4 is 11.9 Å². The highest BCUT2D eigenvalue weighted by Gasteiger charge is 2.22. The molecule has 8 heteroatoms. The molecular weight excluding hydrogens is 372 g/mol. The molecule has 2 aliphatic rings. The van der Waals surface area contributed by atoms with E-state index in [9.17, 15) is 4.79 Å². The molecule has 1 saturated heterocycles. The number of rotatable bonds is 8. The van der Waals surface area contributed by atoms with E-state index in [1.54, 1.807) is 19.0 Å². The molecule has 0 saturated carbocycles. The van der Waals surface area contributed by atoms with Crippen molar-refractivity contribution < 1.29 is 19.0 Å². The molecule has 0 aromatic heterocycles. The molecule has 2 atom stereocenters. The number of nitrogens with one attached hydrogen (secondary N) is 2. The van der Waals surface area contributed by atoms with Crippen molar-refractivity contribution in [1.82, 2.24) is 15.5 Å². The zero-order chi connectivity index (χ0) is 20.5. The largest absolute Gasteiger partial charge is 0.493 e. The Hall–Kier alpha value is -2.32. The second-order valence-corrected chi connectivity index (χ2v) is 7.46. The summed E-state index contributed by atoms with van der Waals surface area (Å²) in [6.45, 7) is 3.61. The third-order valence-electron chi connectivity index (χ3n) is 5.00. The van der Waals surface area contributed by atoms with Gasteiger partial charge in [-0.05, 0) is 18.9 Å². The van der Waals surface area contributed by atoms with Crippen molar-refractivity contribution in [1.29, 1.82) is 0 Å². The molecule has 1 fully saturated rings. The monoisotopic (exact) mass is 404 g/mol. The first-order valence-electron chi connectivity index (χ1n) is 10.3. The van der Waals surface area contributed by atoms with Gasteiger partial charge in [-0.15, -0.1) is 0 Å². The predicted octanol–water partition coefficient (Wildman–Crippen LogP) is 1.33. The predicted molar refractivity (Wildman–Crippen MR) is 111 cm³/mol. The first-order chi connectivity index (χ1) is 14.1. The number of para-hydroxylation sites is 1. The summed E-state index contributed by atoms with van der Waals surface area (Å²) in [5.41, 5.74) is 1.11. The lowest BCUT2D eigenvalue weighted by molar-refractivity contribution is -0.127. The van der Waals surface area contributed by atoms with Crippen LogP contribution in [-0.2, 0) is 14.3 Å². The third kappa shape index (κ3) is 6.61. The van der Waals surface area contributed by atoms with E-state index in [4.69, 9.17) is 14.2 Å². The van der Waals surface area contributed by atoms with E-state index in [-0.39, 0.29) is 24.6 Å². The smallest absolute Gasteiger partial charge is 0.243 e. The molecular formula is C21H32N4O4. The Morgan fingerprint density at radius 3 is 2.93 bits per heavy atom. The number of likely N-dealkylation sites (N-methyl/N-ethyl adjacent to an activating group) is 1. The van der Waals surface area contributed by atoms with Crippen LogP contribution in [0.5, 0.6) is 5.75 Å². The topological polar surface area (TPSA) is 84.4 Å². The van der Waals surface area contributed by atoms with Gasteiger partial charge in [0.1, 0.15) is 12.3 Å². The molecule has 0 radical (unpaired) electrons. The van der Waals surface area contributed by atoms with Crippen molar-refractivity contribution in [2.45, 2.75) is 31.4 Å². The van der Waals surface area contributed by atoms with Crippen molar-refractivity contribution in [2.75, 3.05) is 53.6 Å². The summed E-state index contributed by atoms with van der Waals surface area (Å²) in [4.78, 5) is 18.0. The molecule has 3 rings (SSSR count). The Bertz CT molecular complexity index is 689. The minimum atomic E-state index is -0.0388.